The van der Waals surface area contributed by atoms with E-state index >= 15 is 0 Å². The van der Waals surface area contributed by atoms with E-state index in [9.17, 15) is 4.39 Å². The highest BCUT2D eigenvalue weighted by molar-refractivity contribution is 5.60. The Kier molecular flexibility index (Phi) is 2.46. The van der Waals surface area contributed by atoms with Gasteiger partial charge in [-0.25, -0.2) is 4.39 Å². The van der Waals surface area contributed by atoms with E-state index in [4.69, 9.17) is 0 Å². The van der Waals surface area contributed by atoms with E-state index in [-0.39, 0.29) is 5.82 Å². The van der Waals surface area contributed by atoms with Crippen molar-refractivity contribution in [2.24, 2.45) is 0 Å². The normalized spacial score (nSPS) is 15.9. The number of aromatic nitrogens is 2. The number of nitrogens with one attached hydrogen (secondary N) is 1. The topological polar surface area (TPSA) is 28.7 Å². The monoisotopic (exact) mass is 230 g/mol. The van der Waals surface area contributed by atoms with Gasteiger partial charge >= 0.3 is 0 Å². The van der Waals surface area contributed by atoms with E-state index in [1.54, 1.807) is 19.1 Å². The zero-order valence-corrected chi connectivity index (χ0v) is 9.83. The van der Waals surface area contributed by atoms with Crippen LogP contribution in [0.5, 0.6) is 0 Å². The van der Waals surface area contributed by atoms with Crippen molar-refractivity contribution in [3.05, 3.63) is 41.3 Å². The van der Waals surface area contributed by atoms with E-state index in [0.717, 1.165) is 11.3 Å². The molecule has 0 spiro atoms. The Morgan fingerprint density at radius 1 is 1.29 bits per heavy atom. The van der Waals surface area contributed by atoms with Gasteiger partial charge in [0, 0.05) is 17.2 Å². The van der Waals surface area contributed by atoms with Crippen LogP contribution in [0.1, 0.15) is 36.4 Å². The second-order valence-electron chi connectivity index (χ2n) is 4.80. The molecule has 1 aromatic carbocycles. The molecule has 88 valence electrons. The molecule has 1 aromatic heterocycles. The van der Waals surface area contributed by atoms with E-state index in [1.807, 2.05) is 12.1 Å². The average Bonchev–Trinajstić information content (AvgIpc) is 2.69. The van der Waals surface area contributed by atoms with E-state index in [1.165, 1.54) is 25.0 Å². The summed E-state index contributed by atoms with van der Waals surface area (Å²) >= 11 is 0. The van der Waals surface area contributed by atoms with Crippen molar-refractivity contribution in [3.63, 3.8) is 0 Å². The quantitative estimate of drug-likeness (QED) is 0.835. The predicted octanol–water partition coefficient (Wildman–Crippen LogP) is 3.79. The first-order valence-corrected chi connectivity index (χ1v) is 6.06. The van der Waals surface area contributed by atoms with E-state index in [2.05, 4.69) is 10.2 Å². The predicted molar refractivity (Wildman–Crippen MR) is 65.3 cm³/mol. The smallest absolute Gasteiger partial charge is 0.126 e. The molecule has 3 rings (SSSR count). The van der Waals surface area contributed by atoms with Crippen LogP contribution < -0.4 is 0 Å². The largest absolute Gasteiger partial charge is 0.282 e. The number of H-pyrrole nitrogens is 1. The molecule has 17 heavy (non-hydrogen) atoms. The van der Waals surface area contributed by atoms with Crippen molar-refractivity contribution >= 4 is 0 Å². The lowest BCUT2D eigenvalue weighted by atomic mass is 9.83. The third-order valence-corrected chi connectivity index (χ3v) is 3.61. The highest BCUT2D eigenvalue weighted by Gasteiger charge is 2.21. The van der Waals surface area contributed by atoms with Gasteiger partial charge in [-0.2, -0.15) is 5.10 Å². The maximum absolute atomic E-state index is 13.5. The van der Waals surface area contributed by atoms with Crippen molar-refractivity contribution in [2.45, 2.75) is 32.1 Å². The summed E-state index contributed by atoms with van der Waals surface area (Å²) in [7, 11) is 0. The van der Waals surface area contributed by atoms with Crippen LogP contribution in [-0.4, -0.2) is 10.2 Å². The molecule has 0 radical (unpaired) electrons. The van der Waals surface area contributed by atoms with Crippen LogP contribution in [0.15, 0.2) is 24.3 Å². The third-order valence-electron chi connectivity index (χ3n) is 3.61. The molecular formula is C14H15FN2. The molecule has 0 unspecified atom stereocenters. The molecule has 0 saturated heterocycles. The molecule has 1 saturated carbocycles. The van der Waals surface area contributed by atoms with Gasteiger partial charge in [0.2, 0.25) is 0 Å². The zero-order valence-electron chi connectivity index (χ0n) is 9.83. The minimum absolute atomic E-state index is 0.171. The molecule has 3 heteroatoms. The second kappa shape index (κ2) is 3.99. The lowest BCUT2D eigenvalue weighted by molar-refractivity contribution is 0.410. The first-order valence-electron chi connectivity index (χ1n) is 6.06. The van der Waals surface area contributed by atoms with Gasteiger partial charge < -0.3 is 0 Å². The molecule has 1 aliphatic rings. The summed E-state index contributed by atoms with van der Waals surface area (Å²) in [4.78, 5) is 0. The lowest BCUT2D eigenvalue weighted by Crippen LogP contribution is -2.08. The number of hydrogen-bond donors (Lipinski definition) is 1. The van der Waals surface area contributed by atoms with Crippen LogP contribution in [0.2, 0.25) is 0 Å². The molecule has 2 aromatic rings. The zero-order chi connectivity index (χ0) is 11.8. The van der Waals surface area contributed by atoms with Crippen LogP contribution in [-0.2, 0) is 0 Å². The first-order chi connectivity index (χ1) is 8.24. The standard InChI is InChI=1S/C14H15FN2/c1-9-5-6-11(7-12(9)15)14-8-13(16-17-14)10-3-2-4-10/h5-8,10H,2-4H2,1H3,(H,16,17). The maximum Gasteiger partial charge on any atom is 0.126 e. The average molecular weight is 230 g/mol. The van der Waals surface area contributed by atoms with Crippen molar-refractivity contribution < 1.29 is 4.39 Å². The van der Waals surface area contributed by atoms with Crippen LogP contribution >= 0.6 is 0 Å². The fraction of sp³-hybridized carbons (Fsp3) is 0.357. The van der Waals surface area contributed by atoms with Crippen molar-refractivity contribution in [1.82, 2.24) is 10.2 Å². The molecule has 1 heterocycles. The molecule has 0 bridgehead atoms. The number of hydrogen-bond acceptors (Lipinski definition) is 1. The molecule has 0 atom stereocenters. The number of aromatic amines is 1. The fourth-order valence-electron chi connectivity index (χ4n) is 2.17. The summed E-state index contributed by atoms with van der Waals surface area (Å²) < 4.78 is 13.5. The SMILES string of the molecule is Cc1ccc(-c2cc(C3CCC3)[nH]n2)cc1F. The second-order valence-corrected chi connectivity index (χ2v) is 4.80. The van der Waals surface area contributed by atoms with E-state index < -0.39 is 0 Å². The summed E-state index contributed by atoms with van der Waals surface area (Å²) in [6, 6.07) is 7.31. The summed E-state index contributed by atoms with van der Waals surface area (Å²) in [6.45, 7) is 1.77. The first kappa shape index (κ1) is 10.5. The Hall–Kier alpha value is -1.64. The van der Waals surface area contributed by atoms with Gasteiger partial charge in [0.05, 0.1) is 5.69 Å². The Labute approximate surface area is 99.9 Å². The summed E-state index contributed by atoms with van der Waals surface area (Å²) in [6.07, 6.45) is 3.78. The highest BCUT2D eigenvalue weighted by atomic mass is 19.1. The minimum Gasteiger partial charge on any atom is -0.282 e. The Balaban J connectivity index is 1.92. The summed E-state index contributed by atoms with van der Waals surface area (Å²) in [5.41, 5.74) is 3.54. The number of rotatable bonds is 2. The van der Waals surface area contributed by atoms with Gasteiger partial charge in [0.15, 0.2) is 0 Å². The highest BCUT2D eigenvalue weighted by Crippen LogP contribution is 2.36. The Bertz CT molecular complexity index is 541. The summed E-state index contributed by atoms with van der Waals surface area (Å²) in [5.74, 6) is 0.460. The van der Waals surface area contributed by atoms with Crippen molar-refractivity contribution in [3.8, 4) is 11.3 Å². The molecular weight excluding hydrogens is 215 g/mol. The van der Waals surface area contributed by atoms with Crippen molar-refractivity contribution in [2.75, 3.05) is 0 Å². The van der Waals surface area contributed by atoms with Crippen molar-refractivity contribution in [1.29, 1.82) is 0 Å². The Morgan fingerprint density at radius 2 is 2.12 bits per heavy atom. The molecule has 1 N–H and O–H groups in total. The number of halogens is 1. The fourth-order valence-corrected chi connectivity index (χ4v) is 2.17. The summed E-state index contributed by atoms with van der Waals surface area (Å²) in [5, 5.41) is 7.34. The maximum atomic E-state index is 13.5. The van der Waals surface area contributed by atoms with Gasteiger partial charge in [-0.3, -0.25) is 5.10 Å². The minimum atomic E-state index is -0.171. The Morgan fingerprint density at radius 3 is 2.76 bits per heavy atom. The van der Waals surface area contributed by atoms with Gasteiger partial charge in [0.25, 0.3) is 0 Å². The molecule has 1 fully saturated rings. The third kappa shape index (κ3) is 1.86. The van der Waals surface area contributed by atoms with E-state index in [0.29, 0.717) is 11.5 Å². The van der Waals surface area contributed by atoms with Crippen LogP contribution in [0.4, 0.5) is 4.39 Å². The van der Waals surface area contributed by atoms with Gasteiger partial charge in [-0.15, -0.1) is 0 Å². The lowest BCUT2D eigenvalue weighted by Gasteiger charge is -2.23. The number of nitrogens with zero attached hydrogens (tertiary/aromatic N) is 1. The number of benzene rings is 1. The molecule has 0 amide bonds. The van der Waals surface area contributed by atoms with Crippen LogP contribution in [0, 0.1) is 12.7 Å². The van der Waals surface area contributed by atoms with Crippen LogP contribution in [0.3, 0.4) is 0 Å². The number of aryl methyl sites for hydroxylation is 1. The van der Waals surface area contributed by atoms with Crippen LogP contribution in [0.25, 0.3) is 11.3 Å². The van der Waals surface area contributed by atoms with Gasteiger partial charge in [-0.1, -0.05) is 18.6 Å². The molecule has 2 nitrogen and oxygen atoms in total. The molecule has 0 aliphatic heterocycles. The van der Waals surface area contributed by atoms with Gasteiger partial charge in [-0.05, 0) is 37.5 Å². The molecule has 1 aliphatic carbocycles. The van der Waals surface area contributed by atoms with Gasteiger partial charge in [0.1, 0.15) is 5.82 Å².